The van der Waals surface area contributed by atoms with Gasteiger partial charge in [0.25, 0.3) is 0 Å². The van der Waals surface area contributed by atoms with Crippen molar-refractivity contribution in [2.75, 3.05) is 39.6 Å². The van der Waals surface area contributed by atoms with Crippen LogP contribution in [0.25, 0.3) is 0 Å². The molecule has 0 amide bonds. The highest BCUT2D eigenvalue weighted by atomic mass is 31.2. The summed E-state index contributed by atoms with van der Waals surface area (Å²) in [5.41, 5.74) is 0. The number of phosphoric acid groups is 2. The number of aliphatic hydroxyl groups is 2. The Bertz CT molecular complexity index is 2070. The molecule has 0 aliphatic carbocycles. The van der Waals surface area contributed by atoms with Crippen LogP contribution in [0.1, 0.15) is 329 Å². The first-order valence-corrected chi connectivity index (χ1v) is 40.9. The Kier molecular flexibility index (Phi) is 68.2. The number of hydrogen-bond donors (Lipinski definition) is 4. The lowest BCUT2D eigenvalue weighted by Gasteiger charge is -2.21. The van der Waals surface area contributed by atoms with Crippen molar-refractivity contribution < 1.29 is 75.8 Å². The zero-order valence-electron chi connectivity index (χ0n) is 60.1. The molecule has 16 nitrogen and oxygen atoms in total. The van der Waals surface area contributed by atoms with Gasteiger partial charge in [0.05, 0.1) is 26.4 Å². The zero-order valence-corrected chi connectivity index (χ0v) is 61.9. The third-order valence-electron chi connectivity index (χ3n) is 16.1. The van der Waals surface area contributed by atoms with Crippen LogP contribution in [0.15, 0.2) is 85.1 Å². The first-order chi connectivity index (χ1) is 46.2. The van der Waals surface area contributed by atoms with E-state index in [1.54, 1.807) is 0 Å². The van der Waals surface area contributed by atoms with Gasteiger partial charge in [0.1, 0.15) is 25.4 Å². The van der Waals surface area contributed by atoms with Gasteiger partial charge in [0, 0.05) is 19.3 Å². The van der Waals surface area contributed by atoms with Gasteiger partial charge in [-0.1, -0.05) is 305 Å². The number of rotatable bonds is 72. The van der Waals surface area contributed by atoms with Crippen LogP contribution in [-0.4, -0.2) is 95.9 Å². The van der Waals surface area contributed by atoms with Crippen LogP contribution in [0.2, 0.25) is 0 Å². The third-order valence-corrected chi connectivity index (χ3v) is 18.0. The predicted octanol–water partition coefficient (Wildman–Crippen LogP) is 21.7. The molecule has 0 rings (SSSR count). The van der Waals surface area contributed by atoms with Gasteiger partial charge in [-0.05, 0) is 89.9 Å². The molecule has 0 saturated heterocycles. The van der Waals surface area contributed by atoms with E-state index in [4.69, 9.17) is 32.3 Å². The minimum Gasteiger partial charge on any atom is -0.463 e. The molecule has 18 heteroatoms. The SMILES string of the molecule is CC/C=C\C/C=C\C/C=C\C/C=C\C/C=C\CCCCCCCCCCCCCCCCCCCC(=O)OCC(O)COP(=O)(O)OCC(O)COP(=O)(O)OCC(COC(=O)CCCCCCC/C=C\C/C=C\CCC)OC(=O)CCCCCCCCCCCCCCC. The summed E-state index contributed by atoms with van der Waals surface area (Å²) in [7, 11) is -9.77. The van der Waals surface area contributed by atoms with Crippen molar-refractivity contribution in [2.45, 2.75) is 347 Å². The Balaban J connectivity index is 4.32. The van der Waals surface area contributed by atoms with E-state index in [0.29, 0.717) is 19.3 Å². The van der Waals surface area contributed by atoms with Crippen LogP contribution in [0.3, 0.4) is 0 Å². The fraction of sp³-hybridized carbons (Fsp3) is 0.779. The molecule has 0 aromatic carbocycles. The van der Waals surface area contributed by atoms with Gasteiger partial charge in [-0.3, -0.25) is 32.5 Å². The van der Waals surface area contributed by atoms with Crippen LogP contribution in [0, 0.1) is 0 Å². The molecule has 552 valence electrons. The Morgan fingerprint density at radius 2 is 0.579 bits per heavy atom. The number of carbonyl (C=O) groups is 3. The quantitative estimate of drug-likeness (QED) is 0.0146. The van der Waals surface area contributed by atoms with E-state index in [1.807, 2.05) is 0 Å². The van der Waals surface area contributed by atoms with Crippen LogP contribution in [0.4, 0.5) is 0 Å². The van der Waals surface area contributed by atoms with Crippen molar-refractivity contribution in [3.63, 3.8) is 0 Å². The molecule has 0 bridgehead atoms. The summed E-state index contributed by atoms with van der Waals surface area (Å²) < 4.78 is 60.9. The lowest BCUT2D eigenvalue weighted by Crippen LogP contribution is -2.30. The molecule has 0 saturated carbocycles. The van der Waals surface area contributed by atoms with Gasteiger partial charge < -0.3 is 34.2 Å². The minimum absolute atomic E-state index is 0.107. The highest BCUT2D eigenvalue weighted by Gasteiger charge is 2.29. The molecule has 0 heterocycles. The van der Waals surface area contributed by atoms with Gasteiger partial charge in [-0.25, -0.2) is 9.13 Å². The number of hydrogen-bond acceptors (Lipinski definition) is 14. The summed E-state index contributed by atoms with van der Waals surface area (Å²) >= 11 is 0. The molecular weight excluding hydrogens is 1240 g/mol. The molecule has 0 spiro atoms. The molecular formula is C77H138O16P2. The first-order valence-electron chi connectivity index (χ1n) is 37.9. The maximum atomic E-state index is 12.9. The summed E-state index contributed by atoms with van der Waals surface area (Å²) in [4.78, 5) is 58.4. The number of aliphatic hydroxyl groups excluding tert-OH is 2. The number of phosphoric ester groups is 2. The molecule has 5 unspecified atom stereocenters. The second-order valence-electron chi connectivity index (χ2n) is 25.4. The number of allylic oxidation sites excluding steroid dienone is 14. The monoisotopic (exact) mass is 1380 g/mol. The second-order valence-corrected chi connectivity index (χ2v) is 28.3. The molecule has 0 aliphatic heterocycles. The van der Waals surface area contributed by atoms with Gasteiger partial charge >= 0.3 is 33.6 Å². The van der Waals surface area contributed by atoms with Crippen molar-refractivity contribution >= 4 is 33.6 Å². The van der Waals surface area contributed by atoms with E-state index in [0.717, 1.165) is 128 Å². The smallest absolute Gasteiger partial charge is 0.463 e. The van der Waals surface area contributed by atoms with Crippen LogP contribution in [-0.2, 0) is 55.8 Å². The van der Waals surface area contributed by atoms with E-state index >= 15 is 0 Å². The van der Waals surface area contributed by atoms with Crippen molar-refractivity contribution in [3.8, 4) is 0 Å². The molecule has 5 atom stereocenters. The van der Waals surface area contributed by atoms with Crippen molar-refractivity contribution in [1.82, 2.24) is 0 Å². The predicted molar refractivity (Wildman–Crippen MR) is 390 cm³/mol. The van der Waals surface area contributed by atoms with Crippen LogP contribution in [0.5, 0.6) is 0 Å². The van der Waals surface area contributed by atoms with Crippen molar-refractivity contribution in [1.29, 1.82) is 0 Å². The molecule has 0 aliphatic rings. The van der Waals surface area contributed by atoms with Crippen LogP contribution < -0.4 is 0 Å². The second kappa shape index (κ2) is 70.6. The maximum absolute atomic E-state index is 12.9. The Morgan fingerprint density at radius 3 is 0.926 bits per heavy atom. The van der Waals surface area contributed by atoms with E-state index in [2.05, 4.69) is 106 Å². The normalized spacial score (nSPS) is 14.6. The third kappa shape index (κ3) is 71.8. The Morgan fingerprint density at radius 1 is 0.305 bits per heavy atom. The topological polar surface area (TPSA) is 231 Å². The van der Waals surface area contributed by atoms with E-state index in [1.165, 1.54) is 141 Å². The lowest BCUT2D eigenvalue weighted by molar-refractivity contribution is -0.161. The summed E-state index contributed by atoms with van der Waals surface area (Å²) in [5.74, 6) is -1.58. The van der Waals surface area contributed by atoms with Gasteiger partial charge in [0.15, 0.2) is 6.10 Å². The summed E-state index contributed by atoms with van der Waals surface area (Å²) in [5, 5.41) is 20.6. The first kappa shape index (κ1) is 91.7. The van der Waals surface area contributed by atoms with E-state index < -0.39 is 91.5 Å². The van der Waals surface area contributed by atoms with Gasteiger partial charge in [-0.15, -0.1) is 0 Å². The minimum atomic E-state index is -4.92. The number of carbonyl (C=O) groups excluding carboxylic acids is 3. The molecule has 95 heavy (non-hydrogen) atoms. The largest absolute Gasteiger partial charge is 0.472 e. The Labute approximate surface area is 578 Å². The maximum Gasteiger partial charge on any atom is 0.472 e. The Hall–Kier alpha value is -3.27. The summed E-state index contributed by atoms with van der Waals surface area (Å²) in [6.45, 7) is 2.51. The average Bonchev–Trinajstić information content (AvgIpc) is 2.18. The highest BCUT2D eigenvalue weighted by Crippen LogP contribution is 2.45. The van der Waals surface area contributed by atoms with Gasteiger partial charge in [0.2, 0.25) is 0 Å². The molecule has 0 aromatic heterocycles. The van der Waals surface area contributed by atoms with E-state index in [-0.39, 0.29) is 19.3 Å². The van der Waals surface area contributed by atoms with E-state index in [9.17, 15) is 43.5 Å². The average molecular weight is 1380 g/mol. The molecule has 0 radical (unpaired) electrons. The zero-order chi connectivity index (χ0) is 69.5. The summed E-state index contributed by atoms with van der Waals surface area (Å²) in [6, 6.07) is 0. The summed E-state index contributed by atoms with van der Waals surface area (Å²) in [6.07, 6.45) is 78.1. The fourth-order valence-electron chi connectivity index (χ4n) is 10.3. The number of ether oxygens (including phenoxy) is 3. The van der Waals surface area contributed by atoms with Gasteiger partial charge in [-0.2, -0.15) is 0 Å². The fourth-order valence-corrected chi connectivity index (χ4v) is 11.9. The van der Waals surface area contributed by atoms with Crippen LogP contribution >= 0.6 is 15.6 Å². The number of unbranched alkanes of at least 4 members (excludes halogenated alkanes) is 35. The molecule has 4 N–H and O–H groups in total. The number of esters is 3. The van der Waals surface area contributed by atoms with Crippen molar-refractivity contribution in [3.05, 3.63) is 85.1 Å². The van der Waals surface area contributed by atoms with Crippen molar-refractivity contribution in [2.24, 2.45) is 0 Å². The standard InChI is InChI=1S/C77H138O16P2/c1-4-7-10-13-16-19-22-25-26-27-28-29-30-31-32-33-34-35-36-37-38-39-40-41-42-43-44-47-49-51-54-57-60-63-75(80)87-66-72(78)67-89-94(83,84)90-68-73(79)69-91-95(85,86)92-71-74(93-77(82)65-62-59-56-53-50-46-24-21-18-15-12-9-6-3)70-88-76(81)64-61-58-55-52-48-45-23-20-17-14-11-8-5-2/h7,10-11,14,16,19-20,23,25-26,28-29,31-32,72-74,78-79H,4-6,8-9,12-13,15,17-18,21-22,24,27,30,33-71H2,1-3H3,(H,83,84)(H,85,86)/b10-7-,14-11-,19-16-,23-20-,26-25-,29-28-,32-31-. The lowest BCUT2D eigenvalue weighted by atomic mass is 10.0. The molecule has 0 aromatic rings. The highest BCUT2D eigenvalue weighted by molar-refractivity contribution is 7.47. The molecule has 0 fully saturated rings.